The van der Waals surface area contributed by atoms with Crippen LogP contribution in [0.2, 0.25) is 5.02 Å². The second-order valence-electron chi connectivity index (χ2n) is 5.54. The Morgan fingerprint density at radius 2 is 2.04 bits per heavy atom. The molecule has 25 heavy (non-hydrogen) atoms. The molecule has 0 bridgehead atoms. The van der Waals surface area contributed by atoms with Crippen LogP contribution in [0.25, 0.3) is 0 Å². The molecule has 1 aromatic carbocycles. The van der Waals surface area contributed by atoms with Gasteiger partial charge in [0.1, 0.15) is 18.2 Å². The highest BCUT2D eigenvalue weighted by Crippen LogP contribution is 2.22. The van der Waals surface area contributed by atoms with E-state index in [0.29, 0.717) is 29.1 Å². The number of anilines is 1. The summed E-state index contributed by atoms with van der Waals surface area (Å²) in [4.78, 5) is 22.5. The van der Waals surface area contributed by atoms with Crippen LogP contribution < -0.4 is 10.5 Å². The summed E-state index contributed by atoms with van der Waals surface area (Å²) in [5, 5.41) is 0.843. The van der Waals surface area contributed by atoms with Gasteiger partial charge in [-0.15, -0.1) is 0 Å². The summed E-state index contributed by atoms with van der Waals surface area (Å²) in [6.07, 6.45) is 0. The molecule has 2 aromatic rings. The van der Waals surface area contributed by atoms with Crippen LogP contribution in [0.1, 0.15) is 12.6 Å². The lowest BCUT2D eigenvalue weighted by atomic mass is 10.3. The summed E-state index contributed by atoms with van der Waals surface area (Å²) in [5.41, 5.74) is 6.49. The molecule has 1 heterocycles. The highest BCUT2D eigenvalue weighted by atomic mass is 35.5. The molecule has 0 fully saturated rings. The Morgan fingerprint density at radius 1 is 1.36 bits per heavy atom. The Balaban J connectivity index is 1.82. The number of ether oxygens (including phenoxy) is 1. The van der Waals surface area contributed by atoms with Crippen molar-refractivity contribution < 1.29 is 9.53 Å². The SMILES string of the molecule is Cc1cc(N)nc(SC(C)C(=O)N(C)CCOc2ccc(Cl)cc2)n1. The molecule has 0 saturated carbocycles. The number of likely N-dealkylation sites (N-methyl/N-ethyl adjacent to an activating group) is 1. The van der Waals surface area contributed by atoms with E-state index in [9.17, 15) is 4.79 Å². The zero-order valence-corrected chi connectivity index (χ0v) is 16.0. The number of carbonyl (C=O) groups is 1. The Labute approximate surface area is 156 Å². The lowest BCUT2D eigenvalue weighted by Gasteiger charge is -2.21. The minimum atomic E-state index is -0.318. The summed E-state index contributed by atoms with van der Waals surface area (Å²) < 4.78 is 5.61. The van der Waals surface area contributed by atoms with Gasteiger partial charge in [-0.2, -0.15) is 0 Å². The Hall–Kier alpha value is -1.99. The third kappa shape index (κ3) is 6.10. The van der Waals surface area contributed by atoms with E-state index < -0.39 is 0 Å². The van der Waals surface area contributed by atoms with Gasteiger partial charge in [-0.05, 0) is 38.1 Å². The molecule has 6 nitrogen and oxygen atoms in total. The van der Waals surface area contributed by atoms with E-state index >= 15 is 0 Å². The smallest absolute Gasteiger partial charge is 0.235 e. The molecule has 0 radical (unpaired) electrons. The molecular weight excluding hydrogens is 360 g/mol. The number of carbonyl (C=O) groups excluding carboxylic acids is 1. The van der Waals surface area contributed by atoms with Gasteiger partial charge in [0.25, 0.3) is 0 Å². The summed E-state index contributed by atoms with van der Waals surface area (Å²) >= 11 is 7.12. The van der Waals surface area contributed by atoms with Crippen LogP contribution in [0.4, 0.5) is 5.82 Å². The summed E-state index contributed by atoms with van der Waals surface area (Å²) in [6.45, 7) is 4.54. The first-order valence-corrected chi connectivity index (χ1v) is 9.02. The molecular formula is C17H21ClN4O2S. The van der Waals surface area contributed by atoms with Crippen LogP contribution in [0.15, 0.2) is 35.5 Å². The van der Waals surface area contributed by atoms with Gasteiger partial charge in [-0.3, -0.25) is 4.79 Å². The normalized spacial score (nSPS) is 11.8. The van der Waals surface area contributed by atoms with Crippen molar-refractivity contribution in [3.05, 3.63) is 41.0 Å². The van der Waals surface area contributed by atoms with Crippen molar-refractivity contribution in [1.82, 2.24) is 14.9 Å². The fourth-order valence-electron chi connectivity index (χ4n) is 2.08. The van der Waals surface area contributed by atoms with Gasteiger partial charge in [-0.1, -0.05) is 23.4 Å². The molecule has 8 heteroatoms. The van der Waals surface area contributed by atoms with Crippen LogP contribution in [-0.4, -0.2) is 46.2 Å². The quantitative estimate of drug-likeness (QED) is 0.587. The standard InChI is InChI=1S/C17H21ClN4O2S/c1-11-10-15(19)21-17(20-11)25-12(2)16(23)22(3)8-9-24-14-6-4-13(18)5-7-14/h4-7,10,12H,8-9H2,1-3H3,(H2,19,20,21). The number of aryl methyl sites for hydroxylation is 1. The van der Waals surface area contributed by atoms with Crippen molar-refractivity contribution in [3.8, 4) is 5.75 Å². The van der Waals surface area contributed by atoms with Gasteiger partial charge < -0.3 is 15.4 Å². The molecule has 0 aliphatic heterocycles. The van der Waals surface area contributed by atoms with E-state index in [4.69, 9.17) is 22.1 Å². The second-order valence-corrected chi connectivity index (χ2v) is 7.28. The first-order chi connectivity index (χ1) is 11.8. The zero-order valence-electron chi connectivity index (χ0n) is 14.4. The highest BCUT2D eigenvalue weighted by Gasteiger charge is 2.20. The topological polar surface area (TPSA) is 81.3 Å². The van der Waals surface area contributed by atoms with E-state index in [1.165, 1.54) is 11.8 Å². The fraction of sp³-hybridized carbons (Fsp3) is 0.353. The lowest BCUT2D eigenvalue weighted by Crippen LogP contribution is -2.36. The van der Waals surface area contributed by atoms with Crippen LogP contribution in [0.5, 0.6) is 5.75 Å². The van der Waals surface area contributed by atoms with E-state index in [1.54, 1.807) is 42.3 Å². The molecule has 2 rings (SSSR count). The summed E-state index contributed by atoms with van der Waals surface area (Å²) in [7, 11) is 1.75. The van der Waals surface area contributed by atoms with Gasteiger partial charge in [-0.25, -0.2) is 9.97 Å². The second kappa shape index (κ2) is 8.92. The predicted octanol–water partition coefficient (Wildman–Crippen LogP) is 3.04. The number of halogens is 1. The maximum Gasteiger partial charge on any atom is 0.235 e. The molecule has 134 valence electrons. The van der Waals surface area contributed by atoms with Crippen molar-refractivity contribution in [2.75, 3.05) is 25.9 Å². The number of hydrogen-bond acceptors (Lipinski definition) is 6. The van der Waals surface area contributed by atoms with E-state index in [1.807, 2.05) is 13.8 Å². The van der Waals surface area contributed by atoms with Crippen molar-refractivity contribution in [2.45, 2.75) is 24.3 Å². The summed E-state index contributed by atoms with van der Waals surface area (Å²) in [5.74, 6) is 1.10. The van der Waals surface area contributed by atoms with Crippen molar-refractivity contribution in [3.63, 3.8) is 0 Å². The maximum absolute atomic E-state index is 12.4. The van der Waals surface area contributed by atoms with E-state index in [0.717, 1.165) is 11.4 Å². The molecule has 0 saturated heterocycles. The van der Waals surface area contributed by atoms with Crippen molar-refractivity contribution >= 4 is 35.1 Å². The Kier molecular flexibility index (Phi) is 6.90. The van der Waals surface area contributed by atoms with E-state index in [-0.39, 0.29) is 11.2 Å². The van der Waals surface area contributed by atoms with Gasteiger partial charge in [0, 0.05) is 23.8 Å². The molecule has 0 spiro atoms. The number of hydrogen-bond donors (Lipinski definition) is 1. The number of amides is 1. The average Bonchev–Trinajstić information content (AvgIpc) is 2.54. The number of nitrogens with zero attached hydrogens (tertiary/aromatic N) is 3. The Bertz CT molecular complexity index is 707. The minimum absolute atomic E-state index is 0.0200. The third-order valence-corrected chi connectivity index (χ3v) is 4.57. The van der Waals surface area contributed by atoms with Gasteiger partial charge in [0.05, 0.1) is 11.8 Å². The number of thioether (sulfide) groups is 1. The number of rotatable bonds is 7. The van der Waals surface area contributed by atoms with Gasteiger partial charge >= 0.3 is 0 Å². The van der Waals surface area contributed by atoms with Crippen LogP contribution in [0, 0.1) is 6.92 Å². The fourth-order valence-corrected chi connectivity index (χ4v) is 3.16. The van der Waals surface area contributed by atoms with Gasteiger partial charge in [0.15, 0.2) is 5.16 Å². The molecule has 1 aromatic heterocycles. The molecule has 0 aliphatic rings. The van der Waals surface area contributed by atoms with Crippen LogP contribution in [-0.2, 0) is 4.79 Å². The molecule has 1 atom stereocenters. The zero-order chi connectivity index (χ0) is 18.4. The van der Waals surface area contributed by atoms with Crippen molar-refractivity contribution in [2.24, 2.45) is 0 Å². The maximum atomic E-state index is 12.4. The molecule has 0 aliphatic carbocycles. The largest absolute Gasteiger partial charge is 0.492 e. The van der Waals surface area contributed by atoms with Crippen LogP contribution in [0.3, 0.4) is 0 Å². The third-order valence-electron chi connectivity index (χ3n) is 3.37. The molecule has 1 unspecified atom stereocenters. The lowest BCUT2D eigenvalue weighted by molar-refractivity contribution is -0.129. The van der Waals surface area contributed by atoms with Crippen molar-refractivity contribution in [1.29, 1.82) is 0 Å². The van der Waals surface area contributed by atoms with Crippen LogP contribution >= 0.6 is 23.4 Å². The number of nitrogens with two attached hydrogens (primary N) is 1. The number of nitrogen functional groups attached to an aromatic ring is 1. The number of benzene rings is 1. The number of aromatic nitrogens is 2. The minimum Gasteiger partial charge on any atom is -0.492 e. The predicted molar refractivity (Wildman–Crippen MR) is 101 cm³/mol. The highest BCUT2D eigenvalue weighted by molar-refractivity contribution is 8.00. The van der Waals surface area contributed by atoms with E-state index in [2.05, 4.69) is 9.97 Å². The summed E-state index contributed by atoms with van der Waals surface area (Å²) in [6, 6.07) is 8.80. The molecule has 1 amide bonds. The first kappa shape index (κ1) is 19.3. The average molecular weight is 381 g/mol. The van der Waals surface area contributed by atoms with Gasteiger partial charge in [0.2, 0.25) is 5.91 Å². The first-order valence-electron chi connectivity index (χ1n) is 7.76. The Morgan fingerprint density at radius 3 is 2.68 bits per heavy atom. The molecule has 2 N–H and O–H groups in total. The monoisotopic (exact) mass is 380 g/mol.